The van der Waals surface area contributed by atoms with E-state index in [0.29, 0.717) is 5.56 Å². The zero-order valence-electron chi connectivity index (χ0n) is 9.55. The third kappa shape index (κ3) is 2.38. The van der Waals surface area contributed by atoms with Gasteiger partial charge < -0.3 is 10.8 Å². The normalized spacial score (nSPS) is 10.0. The van der Waals surface area contributed by atoms with Crippen LogP contribution in [0.3, 0.4) is 0 Å². The molecule has 90 valence electrons. The summed E-state index contributed by atoms with van der Waals surface area (Å²) < 4.78 is 0. The van der Waals surface area contributed by atoms with Crippen LogP contribution >= 0.6 is 0 Å². The van der Waals surface area contributed by atoms with E-state index in [1.807, 2.05) is 12.1 Å². The Labute approximate surface area is 104 Å². The molecule has 0 saturated carbocycles. The van der Waals surface area contributed by atoms with Gasteiger partial charge in [0.2, 0.25) is 0 Å². The molecule has 0 aromatic heterocycles. The van der Waals surface area contributed by atoms with Gasteiger partial charge >= 0.3 is 5.97 Å². The van der Waals surface area contributed by atoms with E-state index in [2.05, 4.69) is 0 Å². The highest BCUT2D eigenvalue weighted by molar-refractivity contribution is 5.96. The maximum Gasteiger partial charge on any atom is 0.335 e. The van der Waals surface area contributed by atoms with Crippen LogP contribution in [0.4, 0.5) is 0 Å². The van der Waals surface area contributed by atoms with Gasteiger partial charge in [-0.2, -0.15) is 0 Å². The van der Waals surface area contributed by atoms with E-state index in [1.165, 1.54) is 0 Å². The summed E-state index contributed by atoms with van der Waals surface area (Å²) in [6, 6.07) is 13.8. The summed E-state index contributed by atoms with van der Waals surface area (Å²) in [5.41, 5.74) is 7.91. The lowest BCUT2D eigenvalue weighted by Gasteiger charge is -2.05. The highest BCUT2D eigenvalue weighted by Gasteiger charge is 2.05. The van der Waals surface area contributed by atoms with E-state index in [0.717, 1.165) is 11.1 Å². The van der Waals surface area contributed by atoms with Gasteiger partial charge in [0.1, 0.15) is 5.84 Å². The van der Waals surface area contributed by atoms with Crippen LogP contribution < -0.4 is 5.73 Å². The minimum Gasteiger partial charge on any atom is -0.478 e. The molecule has 0 radical (unpaired) electrons. The smallest absolute Gasteiger partial charge is 0.335 e. The first-order valence-corrected chi connectivity index (χ1v) is 5.36. The molecule has 4 N–H and O–H groups in total. The maximum absolute atomic E-state index is 10.9. The molecule has 2 aromatic carbocycles. The van der Waals surface area contributed by atoms with E-state index in [4.69, 9.17) is 16.2 Å². The number of nitrogen functional groups attached to an aromatic ring is 1. The average molecular weight is 240 g/mol. The number of nitrogens with two attached hydrogens (primary N) is 1. The Hall–Kier alpha value is -2.62. The van der Waals surface area contributed by atoms with Crippen molar-refractivity contribution < 1.29 is 9.90 Å². The van der Waals surface area contributed by atoms with Crippen LogP contribution in [0.25, 0.3) is 11.1 Å². The van der Waals surface area contributed by atoms with Gasteiger partial charge in [0.15, 0.2) is 0 Å². The monoisotopic (exact) mass is 240 g/mol. The second-order valence-corrected chi connectivity index (χ2v) is 3.88. The quantitative estimate of drug-likeness (QED) is 0.568. The highest BCUT2D eigenvalue weighted by atomic mass is 16.4. The van der Waals surface area contributed by atoms with E-state index in [-0.39, 0.29) is 11.4 Å². The van der Waals surface area contributed by atoms with Crippen molar-refractivity contribution in [3.05, 3.63) is 59.7 Å². The molecule has 0 bridgehead atoms. The van der Waals surface area contributed by atoms with Crippen LogP contribution in [0, 0.1) is 5.41 Å². The second-order valence-electron chi connectivity index (χ2n) is 3.88. The maximum atomic E-state index is 10.9. The first kappa shape index (κ1) is 11.9. The van der Waals surface area contributed by atoms with Gasteiger partial charge in [0.25, 0.3) is 0 Å². The molecule has 0 unspecified atom stereocenters. The Balaban J connectivity index is 2.48. The fourth-order valence-corrected chi connectivity index (χ4v) is 1.70. The summed E-state index contributed by atoms with van der Waals surface area (Å²) in [5.74, 6) is -0.967. The third-order valence-electron chi connectivity index (χ3n) is 2.62. The van der Waals surface area contributed by atoms with Crippen molar-refractivity contribution in [1.29, 1.82) is 5.41 Å². The van der Waals surface area contributed by atoms with Gasteiger partial charge in [-0.3, -0.25) is 5.41 Å². The van der Waals surface area contributed by atoms with Crippen molar-refractivity contribution >= 4 is 11.8 Å². The predicted molar refractivity (Wildman–Crippen MR) is 69.9 cm³/mol. The summed E-state index contributed by atoms with van der Waals surface area (Å²) in [6.45, 7) is 0. The zero-order valence-corrected chi connectivity index (χ0v) is 9.55. The molecule has 0 atom stereocenters. The summed E-state index contributed by atoms with van der Waals surface area (Å²) in [4.78, 5) is 10.9. The lowest BCUT2D eigenvalue weighted by atomic mass is 10.0. The molecule has 2 rings (SSSR count). The van der Waals surface area contributed by atoms with E-state index in [9.17, 15) is 4.79 Å². The summed E-state index contributed by atoms with van der Waals surface area (Å²) in [5, 5.41) is 16.3. The minimum absolute atomic E-state index is 0.00811. The molecule has 0 saturated heterocycles. The van der Waals surface area contributed by atoms with E-state index in [1.54, 1.807) is 36.4 Å². The molecule has 0 aliphatic rings. The molecule has 4 heteroatoms. The van der Waals surface area contributed by atoms with Gasteiger partial charge in [-0.15, -0.1) is 0 Å². The minimum atomic E-state index is -0.959. The number of benzene rings is 2. The van der Waals surface area contributed by atoms with Crippen molar-refractivity contribution in [2.45, 2.75) is 0 Å². The average Bonchev–Trinajstić information content (AvgIpc) is 2.39. The molecule has 4 nitrogen and oxygen atoms in total. The van der Waals surface area contributed by atoms with Gasteiger partial charge in [0.05, 0.1) is 5.56 Å². The van der Waals surface area contributed by atoms with Gasteiger partial charge in [-0.25, -0.2) is 4.79 Å². The van der Waals surface area contributed by atoms with E-state index >= 15 is 0 Å². The molecule has 0 spiro atoms. The van der Waals surface area contributed by atoms with Crippen LogP contribution in [-0.4, -0.2) is 16.9 Å². The number of hydrogen-bond donors (Lipinski definition) is 3. The lowest BCUT2D eigenvalue weighted by Crippen LogP contribution is -2.10. The van der Waals surface area contributed by atoms with Crippen molar-refractivity contribution in [3.63, 3.8) is 0 Å². The van der Waals surface area contributed by atoms with Gasteiger partial charge in [-0.1, -0.05) is 30.3 Å². The van der Waals surface area contributed by atoms with Gasteiger partial charge in [0, 0.05) is 5.56 Å². The number of carboxylic acids is 1. The SMILES string of the molecule is N=C(N)c1cccc(-c2cccc(C(=O)O)c2)c1. The molecular weight excluding hydrogens is 228 g/mol. The van der Waals surface area contributed by atoms with E-state index < -0.39 is 5.97 Å². The summed E-state index contributed by atoms with van der Waals surface area (Å²) in [7, 11) is 0. The number of rotatable bonds is 3. The third-order valence-corrected chi connectivity index (χ3v) is 2.62. The predicted octanol–water partition coefficient (Wildman–Crippen LogP) is 2.34. The number of aromatic carboxylic acids is 1. The van der Waals surface area contributed by atoms with Crippen LogP contribution in [0.5, 0.6) is 0 Å². The Kier molecular flexibility index (Phi) is 3.10. The number of hydrogen-bond acceptors (Lipinski definition) is 2. The van der Waals surface area contributed by atoms with Crippen LogP contribution in [0.15, 0.2) is 48.5 Å². The first-order valence-electron chi connectivity index (χ1n) is 5.36. The Morgan fingerprint density at radius 3 is 2.00 bits per heavy atom. The molecule has 0 aliphatic carbocycles. The van der Waals surface area contributed by atoms with Crippen LogP contribution in [-0.2, 0) is 0 Å². The highest BCUT2D eigenvalue weighted by Crippen LogP contribution is 2.21. The largest absolute Gasteiger partial charge is 0.478 e. The number of carbonyl (C=O) groups is 1. The summed E-state index contributed by atoms with van der Waals surface area (Å²) in [6.07, 6.45) is 0. The standard InChI is InChI=1S/C14H12N2O2/c15-13(16)11-5-1-3-9(7-11)10-4-2-6-12(8-10)14(17)18/h1-8H,(H3,15,16)(H,17,18). The molecular formula is C14H12N2O2. The first-order chi connectivity index (χ1) is 8.58. The Bertz CT molecular complexity index is 565. The molecule has 18 heavy (non-hydrogen) atoms. The number of nitrogens with one attached hydrogen (secondary N) is 1. The number of carboxylic acid groups (broad SMARTS) is 1. The fraction of sp³-hybridized carbons (Fsp3) is 0. The van der Waals surface area contributed by atoms with Crippen molar-refractivity contribution in [2.75, 3.05) is 0 Å². The molecule has 0 fully saturated rings. The van der Waals surface area contributed by atoms with Crippen LogP contribution in [0.2, 0.25) is 0 Å². The Morgan fingerprint density at radius 1 is 1.00 bits per heavy atom. The molecule has 0 heterocycles. The topological polar surface area (TPSA) is 87.2 Å². The second kappa shape index (κ2) is 4.71. The zero-order chi connectivity index (χ0) is 13.1. The fourth-order valence-electron chi connectivity index (χ4n) is 1.70. The number of amidine groups is 1. The lowest BCUT2D eigenvalue weighted by molar-refractivity contribution is 0.0697. The van der Waals surface area contributed by atoms with Crippen LogP contribution in [0.1, 0.15) is 15.9 Å². The van der Waals surface area contributed by atoms with Gasteiger partial charge in [-0.05, 0) is 29.3 Å². The Morgan fingerprint density at radius 2 is 1.50 bits per heavy atom. The van der Waals surface area contributed by atoms with Crippen molar-refractivity contribution in [2.24, 2.45) is 5.73 Å². The van der Waals surface area contributed by atoms with Crippen molar-refractivity contribution in [3.8, 4) is 11.1 Å². The van der Waals surface area contributed by atoms with Crippen molar-refractivity contribution in [1.82, 2.24) is 0 Å². The molecule has 0 aliphatic heterocycles. The molecule has 0 amide bonds. The summed E-state index contributed by atoms with van der Waals surface area (Å²) >= 11 is 0. The molecule has 2 aromatic rings.